The van der Waals surface area contributed by atoms with Crippen molar-refractivity contribution >= 4 is 11.4 Å². The Morgan fingerprint density at radius 1 is 1.12 bits per heavy atom. The maximum atomic E-state index is 9.34. The molecule has 2 rings (SSSR count). The molecule has 0 spiro atoms. The second-order valence-corrected chi connectivity index (χ2v) is 6.15. The molecule has 1 heterocycles. The molecule has 0 unspecified atom stereocenters. The fraction of sp³-hybridized carbons (Fsp3) is 0.667. The van der Waals surface area contributed by atoms with E-state index in [1.807, 2.05) is 18.2 Å². The van der Waals surface area contributed by atoms with Crippen molar-refractivity contribution in [3.63, 3.8) is 0 Å². The van der Waals surface area contributed by atoms with Crippen LogP contribution in [0.1, 0.15) is 20.8 Å². The Hall–Kier alpha value is -1.34. The normalized spacial score (nSPS) is 16.0. The number of ether oxygens (including phenoxy) is 1. The molecule has 24 heavy (non-hydrogen) atoms. The maximum absolute atomic E-state index is 9.34. The molecule has 0 aromatic heterocycles. The van der Waals surface area contributed by atoms with Gasteiger partial charge in [0.05, 0.1) is 5.69 Å². The van der Waals surface area contributed by atoms with Crippen LogP contribution in [0.5, 0.6) is 5.75 Å². The van der Waals surface area contributed by atoms with Gasteiger partial charge in [0.1, 0.15) is 12.4 Å². The third-order valence-corrected chi connectivity index (χ3v) is 4.85. The smallest absolute Gasteiger partial charge is 0.164 e. The van der Waals surface area contributed by atoms with E-state index in [9.17, 15) is 5.21 Å². The van der Waals surface area contributed by atoms with Crippen molar-refractivity contribution in [1.82, 2.24) is 9.80 Å². The van der Waals surface area contributed by atoms with Crippen molar-refractivity contribution in [3.05, 3.63) is 18.2 Å². The van der Waals surface area contributed by atoms with Gasteiger partial charge in [-0.15, -0.1) is 0 Å². The third kappa shape index (κ3) is 5.08. The van der Waals surface area contributed by atoms with Gasteiger partial charge in [0.25, 0.3) is 0 Å². The Labute approximate surface area is 145 Å². The van der Waals surface area contributed by atoms with E-state index in [2.05, 4.69) is 35.5 Å². The molecule has 0 atom stereocenters. The van der Waals surface area contributed by atoms with Gasteiger partial charge in [0, 0.05) is 44.9 Å². The van der Waals surface area contributed by atoms with Gasteiger partial charge in [-0.05, 0) is 25.7 Å². The summed E-state index contributed by atoms with van der Waals surface area (Å²) in [5, 5.41) is 9.34. The molecule has 1 aromatic carbocycles. The topological polar surface area (TPSA) is 55.8 Å². The predicted octanol–water partition coefficient (Wildman–Crippen LogP) is 1.13. The Kier molecular flexibility index (Phi) is 7.78. The van der Waals surface area contributed by atoms with E-state index < -0.39 is 0 Å². The van der Waals surface area contributed by atoms with Crippen molar-refractivity contribution in [1.29, 1.82) is 0 Å². The van der Waals surface area contributed by atoms with Crippen LogP contribution in [0.2, 0.25) is 0 Å². The lowest BCUT2D eigenvalue weighted by Crippen LogP contribution is -2.73. The van der Waals surface area contributed by atoms with Gasteiger partial charge in [0.2, 0.25) is 0 Å². The first-order valence-corrected chi connectivity index (χ1v) is 9.15. The standard InChI is InChI=1S/C18H32N4O2/c1-4-20(5-2)13-14-24-18-8-7-16(19-23)15-17(18)22-11-9-21(6-3)10-12-22/h7-8,15,19,23H,4-6,9-14H2,1-3H3/p+1. The molecular weight excluding hydrogens is 304 g/mol. The zero-order valence-electron chi connectivity index (χ0n) is 15.4. The number of nitrogens with two attached hydrogens (primary N) is 1. The number of piperazine rings is 1. The molecule has 6 heteroatoms. The van der Waals surface area contributed by atoms with E-state index >= 15 is 0 Å². The Bertz CT molecular complexity index is 486. The highest BCUT2D eigenvalue weighted by atomic mass is 16.5. The zero-order chi connectivity index (χ0) is 17.4. The number of quaternary nitrogens is 1. The van der Waals surface area contributed by atoms with E-state index in [0.717, 1.165) is 75.0 Å². The Morgan fingerprint density at radius 3 is 2.42 bits per heavy atom. The quantitative estimate of drug-likeness (QED) is 0.523. The van der Waals surface area contributed by atoms with E-state index in [-0.39, 0.29) is 0 Å². The average molecular weight is 337 g/mol. The number of nitrogens with zero attached hydrogens (tertiary/aromatic N) is 3. The first-order chi connectivity index (χ1) is 11.7. The van der Waals surface area contributed by atoms with Crippen LogP contribution in [0.4, 0.5) is 11.4 Å². The van der Waals surface area contributed by atoms with Crippen molar-refractivity contribution in [2.45, 2.75) is 20.8 Å². The van der Waals surface area contributed by atoms with Crippen LogP contribution in [-0.2, 0) is 0 Å². The molecule has 136 valence electrons. The number of rotatable bonds is 9. The molecule has 0 saturated carbocycles. The second-order valence-electron chi connectivity index (χ2n) is 6.15. The summed E-state index contributed by atoms with van der Waals surface area (Å²) in [6.45, 7) is 15.5. The molecule has 1 aliphatic rings. The largest absolute Gasteiger partial charge is 0.490 e. The number of anilines is 1. The van der Waals surface area contributed by atoms with Crippen LogP contribution in [0.3, 0.4) is 0 Å². The molecular formula is C18H33N4O2+. The van der Waals surface area contributed by atoms with Crippen molar-refractivity contribution in [2.75, 3.05) is 63.9 Å². The van der Waals surface area contributed by atoms with E-state index in [4.69, 9.17) is 4.74 Å². The second kappa shape index (κ2) is 9.84. The fourth-order valence-electron chi connectivity index (χ4n) is 3.11. The monoisotopic (exact) mass is 337 g/mol. The Balaban J connectivity index is 2.04. The third-order valence-electron chi connectivity index (χ3n) is 4.85. The number of hydrogen-bond acceptors (Lipinski definition) is 5. The summed E-state index contributed by atoms with van der Waals surface area (Å²) in [6, 6.07) is 5.90. The van der Waals surface area contributed by atoms with Gasteiger partial charge in [-0.3, -0.25) is 0 Å². The fourth-order valence-corrected chi connectivity index (χ4v) is 3.11. The van der Waals surface area contributed by atoms with Gasteiger partial charge in [-0.1, -0.05) is 20.8 Å². The van der Waals surface area contributed by atoms with Gasteiger partial charge in [-0.2, -0.15) is 5.48 Å². The van der Waals surface area contributed by atoms with E-state index in [1.54, 1.807) is 0 Å². The minimum Gasteiger partial charge on any atom is -0.490 e. The van der Waals surface area contributed by atoms with Crippen LogP contribution >= 0.6 is 0 Å². The molecule has 1 aliphatic heterocycles. The van der Waals surface area contributed by atoms with Crippen molar-refractivity contribution < 1.29 is 15.4 Å². The van der Waals surface area contributed by atoms with Crippen LogP contribution in [-0.4, -0.2) is 74.0 Å². The van der Waals surface area contributed by atoms with Gasteiger partial charge in [-0.25, -0.2) is 5.21 Å². The lowest BCUT2D eigenvalue weighted by atomic mass is 10.2. The van der Waals surface area contributed by atoms with Crippen molar-refractivity contribution in [2.24, 2.45) is 0 Å². The van der Waals surface area contributed by atoms with E-state index in [1.165, 1.54) is 0 Å². The number of likely N-dealkylation sites (N-methyl/N-ethyl adjacent to an activating group) is 2. The summed E-state index contributed by atoms with van der Waals surface area (Å²) < 4.78 is 6.08. The summed E-state index contributed by atoms with van der Waals surface area (Å²) in [5.41, 5.74) is 3.07. The highest BCUT2D eigenvalue weighted by molar-refractivity contribution is 5.63. The predicted molar refractivity (Wildman–Crippen MR) is 97.4 cm³/mol. The van der Waals surface area contributed by atoms with E-state index in [0.29, 0.717) is 6.61 Å². The lowest BCUT2D eigenvalue weighted by molar-refractivity contribution is -0.825. The molecule has 6 nitrogen and oxygen atoms in total. The van der Waals surface area contributed by atoms with Gasteiger partial charge >= 0.3 is 0 Å². The average Bonchev–Trinajstić information content (AvgIpc) is 2.65. The van der Waals surface area contributed by atoms with Crippen LogP contribution in [0, 0.1) is 0 Å². The molecule has 0 radical (unpaired) electrons. The zero-order valence-corrected chi connectivity index (χ0v) is 15.4. The first-order valence-electron chi connectivity index (χ1n) is 9.15. The molecule has 1 aromatic rings. The highest BCUT2D eigenvalue weighted by Crippen LogP contribution is 2.31. The van der Waals surface area contributed by atoms with Crippen LogP contribution < -0.4 is 15.1 Å². The summed E-state index contributed by atoms with van der Waals surface area (Å²) in [4.78, 5) is 7.18. The lowest BCUT2D eigenvalue weighted by Gasteiger charge is -2.36. The van der Waals surface area contributed by atoms with Crippen molar-refractivity contribution in [3.8, 4) is 5.75 Å². The minimum absolute atomic E-state index is 0.686. The summed E-state index contributed by atoms with van der Waals surface area (Å²) in [6.07, 6.45) is 0. The molecule has 0 bridgehead atoms. The first kappa shape index (κ1) is 19.0. The molecule has 1 saturated heterocycles. The number of hydrogen-bond donors (Lipinski definition) is 2. The molecule has 1 fully saturated rings. The number of benzene rings is 1. The molecule has 0 aliphatic carbocycles. The minimum atomic E-state index is 0.686. The Morgan fingerprint density at radius 2 is 1.83 bits per heavy atom. The molecule has 3 N–H and O–H groups in total. The van der Waals surface area contributed by atoms with Crippen LogP contribution in [0.15, 0.2) is 18.2 Å². The van der Waals surface area contributed by atoms with Gasteiger partial charge < -0.3 is 19.4 Å². The van der Waals surface area contributed by atoms with Gasteiger partial charge in [0.15, 0.2) is 5.69 Å². The van der Waals surface area contributed by atoms with Crippen LogP contribution in [0.25, 0.3) is 0 Å². The summed E-state index contributed by atoms with van der Waals surface area (Å²) >= 11 is 0. The summed E-state index contributed by atoms with van der Waals surface area (Å²) in [5.74, 6) is 0.915. The molecule has 0 amide bonds. The maximum Gasteiger partial charge on any atom is 0.164 e. The highest BCUT2D eigenvalue weighted by Gasteiger charge is 2.20. The summed E-state index contributed by atoms with van der Waals surface area (Å²) in [7, 11) is 0. The SMILES string of the molecule is CCN(CC)CCOc1ccc([NH2+]O)cc1N1CCN(CC)CC1.